The van der Waals surface area contributed by atoms with Crippen molar-refractivity contribution in [3.63, 3.8) is 0 Å². The number of aliphatic hydroxyl groups is 1. The van der Waals surface area contributed by atoms with Gasteiger partial charge in [-0.15, -0.1) is 0 Å². The van der Waals surface area contributed by atoms with Gasteiger partial charge in [0.15, 0.2) is 0 Å². The van der Waals surface area contributed by atoms with Gasteiger partial charge in [-0.25, -0.2) is 4.98 Å². The maximum Gasteiger partial charge on any atom is 0.138 e. The van der Waals surface area contributed by atoms with Crippen LogP contribution in [0.2, 0.25) is 0 Å². The summed E-state index contributed by atoms with van der Waals surface area (Å²) in [5.74, 6) is 1.59. The van der Waals surface area contributed by atoms with E-state index in [9.17, 15) is 5.11 Å². The Kier molecular flexibility index (Phi) is 4.56. The van der Waals surface area contributed by atoms with Gasteiger partial charge in [0.1, 0.15) is 11.5 Å². The van der Waals surface area contributed by atoms with Gasteiger partial charge in [0.2, 0.25) is 0 Å². The lowest BCUT2D eigenvalue weighted by molar-refractivity contribution is 0.202. The molecule has 1 aromatic carbocycles. The van der Waals surface area contributed by atoms with Crippen molar-refractivity contribution in [2.75, 3.05) is 24.6 Å². The first kappa shape index (κ1) is 17.9. The largest absolute Gasteiger partial charge is 0.396 e. The molecule has 1 aliphatic heterocycles. The van der Waals surface area contributed by atoms with Crippen LogP contribution in [0.3, 0.4) is 0 Å². The van der Waals surface area contributed by atoms with Gasteiger partial charge in [-0.3, -0.25) is 9.08 Å². The molecular weight excluding hydrogens is 362 g/mol. The maximum atomic E-state index is 9.45. The molecule has 4 heterocycles. The van der Waals surface area contributed by atoms with Crippen LogP contribution in [0.5, 0.6) is 0 Å². The molecule has 1 N–H and O–H groups in total. The number of aryl methyl sites for hydroxylation is 1. The summed E-state index contributed by atoms with van der Waals surface area (Å²) in [6, 6.07) is 14.9. The zero-order valence-corrected chi connectivity index (χ0v) is 16.6. The second-order valence-corrected chi connectivity index (χ2v) is 7.81. The smallest absolute Gasteiger partial charge is 0.138 e. The van der Waals surface area contributed by atoms with Crippen LogP contribution >= 0.6 is 0 Å². The van der Waals surface area contributed by atoms with Crippen molar-refractivity contribution in [3.8, 4) is 22.4 Å². The first-order chi connectivity index (χ1) is 14.2. The molecule has 0 saturated carbocycles. The van der Waals surface area contributed by atoms with Crippen molar-refractivity contribution < 1.29 is 5.11 Å². The van der Waals surface area contributed by atoms with Crippen molar-refractivity contribution >= 4 is 11.5 Å². The molecule has 5 rings (SSSR count). The average molecular weight is 387 g/mol. The fraction of sp³-hybridized carbons (Fsp3) is 0.304. The van der Waals surface area contributed by atoms with Crippen LogP contribution in [-0.2, 0) is 7.05 Å². The molecule has 148 valence electrons. The number of aromatic nitrogens is 4. The van der Waals surface area contributed by atoms with E-state index in [4.69, 9.17) is 0 Å². The molecule has 29 heavy (non-hydrogen) atoms. The predicted octanol–water partition coefficient (Wildman–Crippen LogP) is 3.61. The summed E-state index contributed by atoms with van der Waals surface area (Å²) < 4.78 is 4.07. The molecule has 6 heteroatoms. The topological polar surface area (TPSA) is 58.6 Å². The van der Waals surface area contributed by atoms with Crippen LogP contribution in [0.1, 0.15) is 12.8 Å². The minimum Gasteiger partial charge on any atom is -0.396 e. The average Bonchev–Trinajstić information content (AvgIpc) is 3.40. The number of fused-ring (bicyclic) bond motifs is 1. The Morgan fingerprint density at radius 2 is 1.72 bits per heavy atom. The van der Waals surface area contributed by atoms with Crippen LogP contribution in [0, 0.1) is 5.92 Å². The third-order valence-corrected chi connectivity index (χ3v) is 5.92. The molecule has 1 aliphatic rings. The van der Waals surface area contributed by atoms with E-state index in [-0.39, 0.29) is 6.61 Å². The molecule has 0 amide bonds. The molecule has 0 unspecified atom stereocenters. The highest BCUT2D eigenvalue weighted by molar-refractivity contribution is 5.71. The Morgan fingerprint density at radius 3 is 2.41 bits per heavy atom. The Morgan fingerprint density at radius 1 is 0.966 bits per heavy atom. The van der Waals surface area contributed by atoms with Crippen LogP contribution in [0.15, 0.2) is 61.1 Å². The molecule has 0 bridgehead atoms. The molecule has 4 aromatic rings. The monoisotopic (exact) mass is 387 g/mol. The summed E-state index contributed by atoms with van der Waals surface area (Å²) in [6.07, 6.45) is 7.92. The minimum absolute atomic E-state index is 0.289. The number of hydrogen-bond acceptors (Lipinski definition) is 4. The van der Waals surface area contributed by atoms with Crippen LogP contribution in [0.25, 0.3) is 28.0 Å². The highest BCUT2D eigenvalue weighted by Gasteiger charge is 2.21. The molecular formula is C23H25N5O. The lowest BCUT2D eigenvalue weighted by atomic mass is 9.98. The minimum atomic E-state index is 0.289. The van der Waals surface area contributed by atoms with Crippen molar-refractivity contribution in [2.45, 2.75) is 12.8 Å². The van der Waals surface area contributed by atoms with Gasteiger partial charge in [-0.05, 0) is 36.5 Å². The van der Waals surface area contributed by atoms with Gasteiger partial charge in [-0.2, -0.15) is 5.10 Å². The van der Waals surface area contributed by atoms with Gasteiger partial charge < -0.3 is 10.0 Å². The third kappa shape index (κ3) is 3.29. The molecule has 0 spiro atoms. The molecule has 1 saturated heterocycles. The quantitative estimate of drug-likeness (QED) is 0.581. The van der Waals surface area contributed by atoms with Crippen LogP contribution in [0.4, 0.5) is 5.82 Å². The van der Waals surface area contributed by atoms with E-state index in [0.717, 1.165) is 54.0 Å². The fourth-order valence-electron chi connectivity index (χ4n) is 4.22. The van der Waals surface area contributed by atoms with Crippen molar-refractivity contribution in [1.29, 1.82) is 0 Å². The van der Waals surface area contributed by atoms with E-state index in [1.54, 1.807) is 0 Å². The number of aliphatic hydroxyl groups excluding tert-OH is 1. The Balaban J connectivity index is 1.51. The van der Waals surface area contributed by atoms with Gasteiger partial charge in [-0.1, -0.05) is 30.3 Å². The van der Waals surface area contributed by atoms with Crippen molar-refractivity contribution in [2.24, 2.45) is 13.0 Å². The number of nitrogens with zero attached hydrogens (tertiary/aromatic N) is 5. The van der Waals surface area contributed by atoms with Crippen LogP contribution in [-0.4, -0.2) is 44.0 Å². The number of imidazole rings is 1. The molecule has 1 fully saturated rings. The van der Waals surface area contributed by atoms with E-state index in [1.807, 2.05) is 30.3 Å². The van der Waals surface area contributed by atoms with Gasteiger partial charge in [0.05, 0.1) is 18.1 Å². The molecule has 0 radical (unpaired) electrons. The summed E-state index contributed by atoms with van der Waals surface area (Å²) in [7, 11) is 1.93. The molecule has 6 nitrogen and oxygen atoms in total. The van der Waals surface area contributed by atoms with Crippen molar-refractivity contribution in [3.05, 3.63) is 61.1 Å². The first-order valence-electron chi connectivity index (χ1n) is 10.1. The van der Waals surface area contributed by atoms with E-state index in [1.165, 1.54) is 5.82 Å². The lowest BCUT2D eigenvalue weighted by Gasteiger charge is -2.33. The second kappa shape index (κ2) is 7.37. The summed E-state index contributed by atoms with van der Waals surface area (Å²) in [6.45, 7) is 2.21. The van der Waals surface area contributed by atoms with E-state index >= 15 is 0 Å². The Hall–Kier alpha value is -3.12. The van der Waals surface area contributed by atoms with Crippen LogP contribution < -0.4 is 4.90 Å². The number of anilines is 1. The standard InChI is InChI=1S/C23H25N5O/c1-26-15-20(13-25-26)18-5-7-19(8-6-18)21-14-24-22-3-2-4-23(28(21)22)27-11-9-17(16-29)10-12-27/h2-8,13-15,17,29H,9-12,16H2,1H3. The summed E-state index contributed by atoms with van der Waals surface area (Å²) in [5, 5.41) is 13.7. The van der Waals surface area contributed by atoms with Gasteiger partial charge >= 0.3 is 0 Å². The Labute approximate surface area is 170 Å². The first-order valence-corrected chi connectivity index (χ1v) is 10.1. The zero-order valence-electron chi connectivity index (χ0n) is 16.6. The van der Waals surface area contributed by atoms with E-state index in [2.05, 4.69) is 61.8 Å². The summed E-state index contributed by atoms with van der Waals surface area (Å²) >= 11 is 0. The third-order valence-electron chi connectivity index (χ3n) is 5.92. The predicted molar refractivity (Wildman–Crippen MR) is 115 cm³/mol. The van der Waals surface area contributed by atoms with E-state index < -0.39 is 0 Å². The molecule has 0 atom stereocenters. The maximum absolute atomic E-state index is 9.45. The number of piperidine rings is 1. The van der Waals surface area contributed by atoms with Crippen molar-refractivity contribution in [1.82, 2.24) is 19.2 Å². The summed E-state index contributed by atoms with van der Waals surface area (Å²) in [4.78, 5) is 7.06. The fourth-order valence-corrected chi connectivity index (χ4v) is 4.22. The number of hydrogen-bond donors (Lipinski definition) is 1. The normalized spacial score (nSPS) is 15.3. The number of pyridine rings is 1. The number of rotatable bonds is 4. The highest BCUT2D eigenvalue weighted by Crippen LogP contribution is 2.30. The van der Waals surface area contributed by atoms with Gasteiger partial charge in [0.25, 0.3) is 0 Å². The highest BCUT2D eigenvalue weighted by atomic mass is 16.3. The lowest BCUT2D eigenvalue weighted by Crippen LogP contribution is -2.35. The SMILES string of the molecule is Cn1cc(-c2ccc(-c3cnc4cccc(N5CCC(CO)CC5)n34)cc2)cn1. The zero-order chi connectivity index (χ0) is 19.8. The molecule has 3 aromatic heterocycles. The second-order valence-electron chi connectivity index (χ2n) is 7.81. The Bertz CT molecular complexity index is 1120. The molecule has 0 aliphatic carbocycles. The summed E-state index contributed by atoms with van der Waals surface area (Å²) in [5.41, 5.74) is 5.46. The van der Waals surface area contributed by atoms with Gasteiger partial charge in [0, 0.05) is 44.1 Å². The van der Waals surface area contributed by atoms with E-state index in [0.29, 0.717) is 5.92 Å². The number of benzene rings is 1.